The van der Waals surface area contributed by atoms with E-state index in [0.717, 1.165) is 48.2 Å². The summed E-state index contributed by atoms with van der Waals surface area (Å²) in [5.41, 5.74) is 7.48. The van der Waals surface area contributed by atoms with Crippen LogP contribution in [0.4, 0.5) is 5.69 Å². The Hall–Kier alpha value is -2.79. The number of piperidine rings is 1. The Morgan fingerprint density at radius 3 is 2.39 bits per heavy atom. The zero-order valence-electron chi connectivity index (χ0n) is 23.6. The predicted molar refractivity (Wildman–Crippen MR) is 165 cm³/mol. The van der Waals surface area contributed by atoms with E-state index in [2.05, 4.69) is 22.1 Å². The van der Waals surface area contributed by atoms with Crippen molar-refractivity contribution in [2.75, 3.05) is 32.5 Å². The highest BCUT2D eigenvalue weighted by molar-refractivity contribution is 7.90. The first-order chi connectivity index (χ1) is 19.2. The molecule has 0 aromatic heterocycles. The van der Waals surface area contributed by atoms with Crippen LogP contribution in [0.15, 0.2) is 78.9 Å². The fraction of sp³-hybridized carbons (Fsp3) is 0.387. The molecule has 0 bridgehead atoms. The second-order valence-corrected chi connectivity index (χ2v) is 13.2. The minimum atomic E-state index is -3.80. The van der Waals surface area contributed by atoms with Crippen molar-refractivity contribution in [1.82, 2.24) is 20.1 Å². The van der Waals surface area contributed by atoms with E-state index in [1.807, 2.05) is 79.7 Å². The molecule has 5 rings (SSSR count). The Labute approximate surface area is 249 Å². The van der Waals surface area contributed by atoms with Crippen LogP contribution in [0, 0.1) is 6.92 Å². The minimum absolute atomic E-state index is 0. The summed E-state index contributed by atoms with van der Waals surface area (Å²) >= 11 is 0. The maximum absolute atomic E-state index is 14.0. The number of benzene rings is 3. The van der Waals surface area contributed by atoms with Gasteiger partial charge in [-0.2, -0.15) is 13.8 Å². The summed E-state index contributed by atoms with van der Waals surface area (Å²) < 4.78 is 32.6. The van der Waals surface area contributed by atoms with Crippen LogP contribution < -0.4 is 20.1 Å². The van der Waals surface area contributed by atoms with E-state index in [-0.39, 0.29) is 31.0 Å². The van der Waals surface area contributed by atoms with E-state index in [1.54, 1.807) is 0 Å². The number of aryl methyl sites for hydroxylation is 1. The predicted octanol–water partition coefficient (Wildman–Crippen LogP) is 3.72. The van der Waals surface area contributed by atoms with Crippen LogP contribution in [0.1, 0.15) is 35.1 Å². The first-order valence-electron chi connectivity index (χ1n) is 13.8. The Morgan fingerprint density at radius 2 is 1.68 bits per heavy atom. The summed E-state index contributed by atoms with van der Waals surface area (Å²) in [6, 6.07) is 24.8. The third-order valence-corrected chi connectivity index (χ3v) is 9.70. The number of hydrogen-bond donors (Lipinski definition) is 3. The topological polar surface area (TPSA) is 96.5 Å². The van der Waals surface area contributed by atoms with E-state index in [1.165, 1.54) is 6.26 Å². The van der Waals surface area contributed by atoms with Crippen LogP contribution in [-0.4, -0.2) is 52.9 Å². The van der Waals surface area contributed by atoms with E-state index in [9.17, 15) is 13.2 Å². The molecule has 3 aromatic carbocycles. The Balaban J connectivity index is 0.00000387. The summed E-state index contributed by atoms with van der Waals surface area (Å²) in [6.45, 7) is 4.79. The van der Waals surface area contributed by atoms with Crippen LogP contribution in [0.25, 0.3) is 0 Å². The number of carbonyl (C=O) groups excluding carboxylic acids is 1. The van der Waals surface area contributed by atoms with Gasteiger partial charge in [0.25, 0.3) is 5.91 Å². The maximum atomic E-state index is 14.0. The van der Waals surface area contributed by atoms with Crippen LogP contribution in [-0.2, 0) is 38.1 Å². The van der Waals surface area contributed by atoms with Gasteiger partial charge in [-0.1, -0.05) is 82.4 Å². The van der Waals surface area contributed by atoms with E-state index >= 15 is 0 Å². The highest BCUT2D eigenvalue weighted by Gasteiger charge is 2.60. The van der Waals surface area contributed by atoms with E-state index < -0.39 is 26.0 Å². The molecule has 2 heterocycles. The molecule has 41 heavy (non-hydrogen) atoms. The Morgan fingerprint density at radius 1 is 1.00 bits per heavy atom. The molecule has 10 heteroatoms. The lowest BCUT2D eigenvalue weighted by molar-refractivity contribution is -0.127. The number of para-hydroxylation sites is 1. The van der Waals surface area contributed by atoms with Gasteiger partial charge in [0, 0.05) is 18.2 Å². The second-order valence-electron chi connectivity index (χ2n) is 11.1. The second kappa shape index (κ2) is 13.0. The molecular formula is C31H40ClN4O4S+. The number of ether oxygens (including phenoxy) is 1. The molecule has 8 nitrogen and oxygen atoms in total. The highest BCUT2D eigenvalue weighted by Crippen LogP contribution is 2.50. The van der Waals surface area contributed by atoms with E-state index in [4.69, 9.17) is 4.74 Å². The Bertz CT molecular complexity index is 1450. The van der Waals surface area contributed by atoms with Gasteiger partial charge < -0.3 is 10.1 Å². The number of fused-ring (bicyclic) bond motifs is 2. The molecular weight excluding hydrogens is 560 g/mol. The standard InChI is InChI=1S/C31H38N4O4S.ClH/c1-24-9-8-12-26(19-24)20-33-28(22-39-21-25-10-4-3-5-11-25)30(36)34-35(40(2,37)38)23-31(15-17-32-18-16-31)27-13-6-7-14-29(27)35;/h3-14,19,28,32-33H,15-18,20-23H2,1-2H3;1H/p+1. The molecule has 1 saturated heterocycles. The van der Waals surface area contributed by atoms with E-state index in [0.29, 0.717) is 18.8 Å². The monoisotopic (exact) mass is 599 g/mol. The van der Waals surface area contributed by atoms with Crippen LogP contribution in [0.5, 0.6) is 0 Å². The fourth-order valence-electron chi connectivity index (χ4n) is 6.06. The normalized spacial score (nSPS) is 20.1. The maximum Gasteiger partial charge on any atom is 0.321 e. The zero-order valence-corrected chi connectivity index (χ0v) is 25.3. The summed E-state index contributed by atoms with van der Waals surface area (Å²) in [7, 11) is -3.80. The highest BCUT2D eigenvalue weighted by atomic mass is 35.5. The number of hydrogen-bond acceptors (Lipinski definition) is 6. The van der Waals surface area contributed by atoms with Crippen molar-refractivity contribution >= 4 is 34.0 Å². The third-order valence-electron chi connectivity index (χ3n) is 8.16. The fourth-order valence-corrected chi connectivity index (χ4v) is 7.31. The number of rotatable bonds is 10. The molecule has 3 N–H and O–H groups in total. The van der Waals surface area contributed by atoms with Crippen molar-refractivity contribution in [3.05, 3.63) is 101 Å². The molecule has 1 amide bonds. The molecule has 2 atom stereocenters. The van der Waals surface area contributed by atoms with Gasteiger partial charge in [0.1, 0.15) is 12.6 Å². The first-order valence-corrected chi connectivity index (χ1v) is 15.7. The quantitative estimate of drug-likeness (QED) is 0.308. The molecule has 0 aliphatic carbocycles. The number of nitrogens with one attached hydrogen (secondary N) is 3. The molecule has 2 aliphatic rings. The molecule has 2 aliphatic heterocycles. The third kappa shape index (κ3) is 6.66. The summed E-state index contributed by atoms with van der Waals surface area (Å²) in [6.07, 6.45) is 2.83. The van der Waals surface area contributed by atoms with Crippen molar-refractivity contribution < 1.29 is 17.9 Å². The van der Waals surface area contributed by atoms with Gasteiger partial charge in [0.15, 0.2) is 5.69 Å². The molecule has 220 valence electrons. The summed E-state index contributed by atoms with van der Waals surface area (Å²) in [5, 5.41) is 6.73. The van der Waals surface area contributed by atoms with Crippen LogP contribution >= 0.6 is 12.4 Å². The summed E-state index contributed by atoms with van der Waals surface area (Å²) in [4.78, 5) is 14.0. The number of amides is 1. The Kier molecular flexibility index (Phi) is 9.89. The van der Waals surface area contributed by atoms with Crippen molar-refractivity contribution in [3.8, 4) is 0 Å². The summed E-state index contributed by atoms with van der Waals surface area (Å²) in [5.74, 6) is -0.410. The zero-order chi connectivity index (χ0) is 28.2. The van der Waals surface area contributed by atoms with Gasteiger partial charge in [0.2, 0.25) is 0 Å². The SMILES string of the molecule is Cc1cccc(CNC(COCc2ccccc2)C(=O)N[N+]2(S(C)(=O)=O)CC3(CCNCC3)c3ccccc32)c1.Cl. The number of carbonyl (C=O) groups is 1. The number of nitrogens with zero attached hydrogens (tertiary/aromatic N) is 1. The van der Waals surface area contributed by atoms with Crippen molar-refractivity contribution in [3.63, 3.8) is 0 Å². The van der Waals surface area contributed by atoms with Gasteiger partial charge in [-0.3, -0.25) is 10.1 Å². The smallest absolute Gasteiger partial charge is 0.321 e. The van der Waals surface area contributed by atoms with Gasteiger partial charge in [0.05, 0.1) is 24.9 Å². The molecule has 2 unspecified atom stereocenters. The lowest BCUT2D eigenvalue weighted by atomic mass is 9.75. The van der Waals surface area contributed by atoms with Crippen molar-refractivity contribution in [2.45, 2.75) is 44.4 Å². The van der Waals surface area contributed by atoms with Crippen molar-refractivity contribution in [2.24, 2.45) is 0 Å². The average Bonchev–Trinajstić information content (AvgIpc) is 3.21. The minimum Gasteiger partial charge on any atom is -0.375 e. The van der Waals surface area contributed by atoms with Crippen molar-refractivity contribution in [1.29, 1.82) is 0 Å². The molecule has 1 fully saturated rings. The molecule has 1 spiro atoms. The largest absolute Gasteiger partial charge is 0.375 e. The molecule has 3 aromatic rings. The molecule has 0 radical (unpaired) electrons. The van der Waals surface area contributed by atoms with Gasteiger partial charge in [-0.25, -0.2) is 0 Å². The number of halogens is 1. The lowest BCUT2D eigenvalue weighted by Gasteiger charge is -2.36. The van der Waals surface area contributed by atoms with Crippen LogP contribution in [0.3, 0.4) is 0 Å². The van der Waals surface area contributed by atoms with Gasteiger partial charge in [-0.05, 0) is 44.0 Å². The lowest BCUT2D eigenvalue weighted by Crippen LogP contribution is -2.68. The van der Waals surface area contributed by atoms with Crippen LogP contribution in [0.2, 0.25) is 0 Å². The van der Waals surface area contributed by atoms with Gasteiger partial charge >= 0.3 is 10.0 Å². The number of quaternary nitrogens is 1. The molecule has 0 saturated carbocycles. The van der Waals surface area contributed by atoms with Gasteiger partial charge in [-0.15, -0.1) is 12.4 Å². The average molecular weight is 600 g/mol. The number of sulfonamides is 1. The first kappa shape index (κ1) is 31.2.